The highest BCUT2D eigenvalue weighted by Gasteiger charge is 2.27. The first-order chi connectivity index (χ1) is 13.5. The first kappa shape index (κ1) is 20.1. The van der Waals surface area contributed by atoms with Gasteiger partial charge in [-0.05, 0) is 46.5 Å². The predicted octanol–water partition coefficient (Wildman–Crippen LogP) is 2.33. The number of rotatable bonds is 6. The Kier molecular flexibility index (Phi) is 6.86. The maximum atomic E-state index is 12.3. The molecule has 1 fully saturated rings. The lowest BCUT2D eigenvalue weighted by Gasteiger charge is -2.31. The summed E-state index contributed by atoms with van der Waals surface area (Å²) in [6.45, 7) is 1.42. The molecule has 0 saturated carbocycles. The summed E-state index contributed by atoms with van der Waals surface area (Å²) in [4.78, 5) is 38.2. The summed E-state index contributed by atoms with van der Waals surface area (Å²) < 4.78 is 5.61. The summed E-state index contributed by atoms with van der Waals surface area (Å²) in [5.74, 6) is -0.528. The summed E-state index contributed by atoms with van der Waals surface area (Å²) in [6, 6.07) is 12.9. The van der Waals surface area contributed by atoms with Crippen molar-refractivity contribution in [3.63, 3.8) is 0 Å². The fraction of sp³-hybridized carbons (Fsp3) is 0.350. The number of benzene rings is 1. The highest BCUT2D eigenvalue weighted by atomic mass is 79.9. The van der Waals surface area contributed by atoms with E-state index in [0.29, 0.717) is 37.1 Å². The van der Waals surface area contributed by atoms with Crippen molar-refractivity contribution in [2.45, 2.75) is 19.4 Å². The second kappa shape index (κ2) is 9.54. The van der Waals surface area contributed by atoms with Crippen molar-refractivity contribution in [2.24, 2.45) is 5.92 Å². The van der Waals surface area contributed by atoms with Gasteiger partial charge in [0, 0.05) is 25.6 Å². The molecule has 0 atom stereocenters. The number of nitrogens with one attached hydrogen (secondary N) is 2. The lowest BCUT2D eigenvalue weighted by molar-refractivity contribution is -0.134. The molecular weight excluding hydrogens is 426 g/mol. The summed E-state index contributed by atoms with van der Waals surface area (Å²) in [5, 5.41) is 5.52. The zero-order valence-electron chi connectivity index (χ0n) is 15.3. The van der Waals surface area contributed by atoms with Crippen LogP contribution in [0.25, 0.3) is 0 Å². The van der Waals surface area contributed by atoms with Crippen LogP contribution in [-0.4, -0.2) is 42.3 Å². The molecule has 1 aromatic carbocycles. The van der Waals surface area contributed by atoms with Crippen LogP contribution < -0.4 is 10.6 Å². The van der Waals surface area contributed by atoms with Gasteiger partial charge in [-0.15, -0.1) is 0 Å². The molecule has 0 unspecified atom stereocenters. The third kappa shape index (κ3) is 5.45. The monoisotopic (exact) mass is 447 g/mol. The molecule has 1 aliphatic heterocycles. The zero-order chi connectivity index (χ0) is 19.9. The number of furan rings is 1. The maximum Gasteiger partial charge on any atom is 0.287 e. The second-order valence-electron chi connectivity index (χ2n) is 6.64. The molecule has 2 heterocycles. The molecule has 0 bridgehead atoms. The van der Waals surface area contributed by atoms with Crippen molar-refractivity contribution in [3.8, 4) is 0 Å². The lowest BCUT2D eigenvalue weighted by Crippen LogP contribution is -2.46. The zero-order valence-corrected chi connectivity index (χ0v) is 16.9. The van der Waals surface area contributed by atoms with Gasteiger partial charge in [0.2, 0.25) is 11.8 Å². The van der Waals surface area contributed by atoms with Gasteiger partial charge in [-0.3, -0.25) is 14.4 Å². The van der Waals surface area contributed by atoms with E-state index in [2.05, 4.69) is 26.6 Å². The summed E-state index contributed by atoms with van der Waals surface area (Å²) in [7, 11) is 0. The highest BCUT2D eigenvalue weighted by Crippen LogP contribution is 2.18. The Bertz CT molecular complexity index is 829. The van der Waals surface area contributed by atoms with Gasteiger partial charge in [0.1, 0.15) is 0 Å². The van der Waals surface area contributed by atoms with Crippen LogP contribution in [0, 0.1) is 5.92 Å². The number of amides is 3. The first-order valence-electron chi connectivity index (χ1n) is 9.16. The highest BCUT2D eigenvalue weighted by molar-refractivity contribution is 9.10. The average Bonchev–Trinajstić information content (AvgIpc) is 3.17. The molecule has 0 spiro atoms. The Balaban J connectivity index is 1.38. The van der Waals surface area contributed by atoms with Crippen LogP contribution >= 0.6 is 15.9 Å². The Hall–Kier alpha value is -2.61. The topological polar surface area (TPSA) is 91.7 Å². The van der Waals surface area contributed by atoms with Crippen LogP contribution in [0.3, 0.4) is 0 Å². The molecule has 1 aromatic heterocycles. The van der Waals surface area contributed by atoms with Crippen molar-refractivity contribution in [2.75, 3.05) is 19.6 Å². The molecule has 7 nitrogen and oxygen atoms in total. The molecule has 28 heavy (non-hydrogen) atoms. The Morgan fingerprint density at radius 2 is 1.75 bits per heavy atom. The van der Waals surface area contributed by atoms with E-state index in [1.165, 1.54) is 6.07 Å². The second-order valence-corrected chi connectivity index (χ2v) is 7.43. The van der Waals surface area contributed by atoms with Gasteiger partial charge in [0.05, 0.1) is 6.54 Å². The van der Waals surface area contributed by atoms with Gasteiger partial charge in [-0.2, -0.15) is 0 Å². The summed E-state index contributed by atoms with van der Waals surface area (Å²) in [5.41, 5.74) is 1.06. The van der Waals surface area contributed by atoms with E-state index < -0.39 is 5.91 Å². The number of carbonyl (C=O) groups is 3. The van der Waals surface area contributed by atoms with Crippen LogP contribution in [0.5, 0.6) is 0 Å². The van der Waals surface area contributed by atoms with Crippen molar-refractivity contribution < 1.29 is 18.8 Å². The first-order valence-corrected chi connectivity index (χ1v) is 9.95. The molecule has 148 valence electrons. The van der Waals surface area contributed by atoms with E-state index in [0.717, 1.165) is 5.56 Å². The van der Waals surface area contributed by atoms with Gasteiger partial charge in [0.15, 0.2) is 10.4 Å². The molecule has 0 radical (unpaired) electrons. The smallest absolute Gasteiger partial charge is 0.287 e. The minimum Gasteiger partial charge on any atom is -0.444 e. The van der Waals surface area contributed by atoms with Crippen molar-refractivity contribution >= 4 is 33.7 Å². The van der Waals surface area contributed by atoms with Crippen LogP contribution in [-0.2, 0) is 16.1 Å². The quantitative estimate of drug-likeness (QED) is 0.710. The number of carbonyl (C=O) groups excluding carboxylic acids is 3. The Labute approximate surface area is 171 Å². The number of halogens is 1. The SMILES string of the molecule is O=C(NCC(=O)N1CCC(C(=O)NCc2ccccc2)CC1)c1ccc(Br)o1. The third-order valence-electron chi connectivity index (χ3n) is 4.73. The summed E-state index contributed by atoms with van der Waals surface area (Å²) >= 11 is 3.13. The van der Waals surface area contributed by atoms with Crippen LogP contribution in [0.15, 0.2) is 51.6 Å². The number of nitrogens with zero attached hydrogens (tertiary/aromatic N) is 1. The van der Waals surface area contributed by atoms with E-state index >= 15 is 0 Å². The van der Waals surface area contributed by atoms with Crippen LogP contribution in [0.1, 0.15) is 29.0 Å². The average molecular weight is 448 g/mol. The fourth-order valence-electron chi connectivity index (χ4n) is 3.11. The normalized spacial score (nSPS) is 14.5. The molecule has 3 rings (SSSR count). The molecule has 3 amide bonds. The van der Waals surface area contributed by atoms with Crippen LogP contribution in [0.4, 0.5) is 0 Å². The molecular formula is C20H22BrN3O4. The number of likely N-dealkylation sites (tertiary alicyclic amines) is 1. The van der Waals surface area contributed by atoms with Crippen molar-refractivity contribution in [1.29, 1.82) is 0 Å². The molecule has 2 aromatic rings. The molecule has 1 aliphatic rings. The number of piperidine rings is 1. The number of hydrogen-bond donors (Lipinski definition) is 2. The Morgan fingerprint density at radius 3 is 2.39 bits per heavy atom. The maximum absolute atomic E-state index is 12.3. The van der Waals surface area contributed by atoms with Gasteiger partial charge in [0.25, 0.3) is 5.91 Å². The van der Waals surface area contributed by atoms with Crippen molar-refractivity contribution in [1.82, 2.24) is 15.5 Å². The van der Waals surface area contributed by atoms with Gasteiger partial charge < -0.3 is 20.0 Å². The largest absolute Gasteiger partial charge is 0.444 e. The van der Waals surface area contributed by atoms with E-state index in [1.807, 2.05) is 30.3 Å². The minimum atomic E-state index is -0.436. The summed E-state index contributed by atoms with van der Waals surface area (Å²) in [6.07, 6.45) is 1.23. The van der Waals surface area contributed by atoms with E-state index in [9.17, 15) is 14.4 Å². The van der Waals surface area contributed by atoms with E-state index in [4.69, 9.17) is 4.42 Å². The molecule has 2 N–H and O–H groups in total. The predicted molar refractivity (Wildman–Crippen MR) is 106 cm³/mol. The number of hydrogen-bond acceptors (Lipinski definition) is 4. The van der Waals surface area contributed by atoms with E-state index in [-0.39, 0.29) is 30.0 Å². The Morgan fingerprint density at radius 1 is 1.04 bits per heavy atom. The molecule has 8 heteroatoms. The third-order valence-corrected chi connectivity index (χ3v) is 5.15. The molecule has 1 saturated heterocycles. The minimum absolute atomic E-state index is 0.0210. The van der Waals surface area contributed by atoms with Crippen LogP contribution in [0.2, 0.25) is 0 Å². The standard InChI is InChI=1S/C20H22BrN3O4/c21-17-7-6-16(28-17)20(27)23-13-18(25)24-10-8-15(9-11-24)19(26)22-12-14-4-2-1-3-5-14/h1-7,15H,8-13H2,(H,22,26)(H,23,27). The van der Waals surface area contributed by atoms with Crippen molar-refractivity contribution in [3.05, 3.63) is 58.5 Å². The molecule has 0 aliphatic carbocycles. The van der Waals surface area contributed by atoms with E-state index in [1.54, 1.807) is 11.0 Å². The van der Waals surface area contributed by atoms with Gasteiger partial charge in [-0.25, -0.2) is 0 Å². The van der Waals surface area contributed by atoms with Gasteiger partial charge in [-0.1, -0.05) is 30.3 Å². The fourth-order valence-corrected chi connectivity index (χ4v) is 3.42. The lowest BCUT2D eigenvalue weighted by atomic mass is 9.95. The van der Waals surface area contributed by atoms with Gasteiger partial charge >= 0.3 is 0 Å².